The molecule has 8 heteroatoms. The fraction of sp³-hybridized carbons (Fsp3) is 0.474. The highest BCUT2D eigenvalue weighted by Crippen LogP contribution is 2.18. The number of methoxy groups -OCH3 is 1. The van der Waals surface area contributed by atoms with E-state index in [1.54, 1.807) is 31.4 Å². The second-order valence-electron chi connectivity index (χ2n) is 6.40. The quantitative estimate of drug-likeness (QED) is 0.704. The smallest absolute Gasteiger partial charge is 0.273 e. The minimum absolute atomic E-state index is 0.0711. The van der Waals surface area contributed by atoms with Gasteiger partial charge in [-0.15, -0.1) is 10.2 Å². The number of H-pyrrole nitrogens is 1. The summed E-state index contributed by atoms with van der Waals surface area (Å²) in [6.45, 7) is 2.61. The van der Waals surface area contributed by atoms with E-state index in [-0.39, 0.29) is 23.6 Å². The number of likely N-dealkylation sites (tertiary alicyclic amines) is 1. The number of aromatic nitrogens is 3. The van der Waals surface area contributed by atoms with E-state index >= 15 is 0 Å². The van der Waals surface area contributed by atoms with Crippen molar-refractivity contribution in [3.05, 3.63) is 40.3 Å². The first-order valence-corrected chi connectivity index (χ1v) is 9.13. The lowest BCUT2D eigenvalue weighted by Crippen LogP contribution is -2.28. The molecule has 0 spiro atoms. The molecule has 1 N–H and O–H groups in total. The Balaban J connectivity index is 1.60. The molecule has 1 fully saturated rings. The van der Waals surface area contributed by atoms with Crippen LogP contribution in [0, 0.1) is 0 Å². The molecule has 0 saturated carbocycles. The van der Waals surface area contributed by atoms with Crippen LogP contribution in [0.4, 0.5) is 0 Å². The first kappa shape index (κ1) is 19.0. The Morgan fingerprint density at radius 3 is 2.56 bits per heavy atom. The van der Waals surface area contributed by atoms with Crippen LogP contribution in [-0.2, 0) is 16.0 Å². The van der Waals surface area contributed by atoms with Crippen LogP contribution < -0.4 is 10.3 Å². The Bertz CT molecular complexity index is 813. The molecular formula is C19H24N4O4. The molecule has 1 saturated heterocycles. The Morgan fingerprint density at radius 2 is 1.89 bits per heavy atom. The highest BCUT2D eigenvalue weighted by atomic mass is 16.5. The number of benzene rings is 1. The zero-order valence-electron chi connectivity index (χ0n) is 15.4. The van der Waals surface area contributed by atoms with Crippen molar-refractivity contribution in [1.82, 2.24) is 20.1 Å². The Morgan fingerprint density at radius 1 is 1.15 bits per heavy atom. The number of nitrogens with one attached hydrogen (secondary N) is 1. The molecule has 1 aromatic carbocycles. The number of carbonyl (C=O) groups is 1. The normalized spacial score (nSPS) is 13.7. The van der Waals surface area contributed by atoms with Gasteiger partial charge >= 0.3 is 0 Å². The largest absolute Gasteiger partial charge is 0.491 e. The van der Waals surface area contributed by atoms with Gasteiger partial charge in [0.1, 0.15) is 18.1 Å². The number of ether oxygens (including phenoxy) is 2. The highest BCUT2D eigenvalue weighted by Gasteiger charge is 2.18. The summed E-state index contributed by atoms with van der Waals surface area (Å²) in [4.78, 5) is 28.9. The third kappa shape index (κ3) is 5.13. The number of hydrogen-bond donors (Lipinski definition) is 1. The van der Waals surface area contributed by atoms with Gasteiger partial charge in [-0.25, -0.2) is 0 Å². The summed E-state index contributed by atoms with van der Waals surface area (Å²) >= 11 is 0. The van der Waals surface area contributed by atoms with Gasteiger partial charge in [0.2, 0.25) is 5.91 Å². The van der Waals surface area contributed by atoms with Gasteiger partial charge in [-0.05, 0) is 37.1 Å². The third-order valence-corrected chi connectivity index (χ3v) is 4.48. The molecule has 2 aromatic rings. The predicted octanol–water partition coefficient (Wildman–Crippen LogP) is 1.41. The highest BCUT2D eigenvalue weighted by molar-refractivity contribution is 5.76. The molecule has 0 radical (unpaired) electrons. The van der Waals surface area contributed by atoms with Crippen LogP contribution in [0.5, 0.6) is 5.75 Å². The van der Waals surface area contributed by atoms with Crippen molar-refractivity contribution < 1.29 is 14.3 Å². The van der Waals surface area contributed by atoms with E-state index in [0.717, 1.165) is 31.5 Å². The second kappa shape index (κ2) is 9.27. The van der Waals surface area contributed by atoms with Crippen LogP contribution >= 0.6 is 0 Å². The van der Waals surface area contributed by atoms with Gasteiger partial charge in [0.15, 0.2) is 5.82 Å². The lowest BCUT2D eigenvalue weighted by atomic mass is 10.2. The number of carbonyl (C=O) groups excluding carboxylic acids is 1. The second-order valence-corrected chi connectivity index (χ2v) is 6.40. The number of rotatable bonds is 8. The van der Waals surface area contributed by atoms with Crippen molar-refractivity contribution in [1.29, 1.82) is 0 Å². The average Bonchev–Trinajstić information content (AvgIpc) is 3.22. The first-order valence-electron chi connectivity index (χ1n) is 9.13. The number of aromatic amines is 1. The van der Waals surface area contributed by atoms with Crippen molar-refractivity contribution in [2.75, 3.05) is 33.4 Å². The molecule has 8 nitrogen and oxygen atoms in total. The minimum Gasteiger partial charge on any atom is -0.491 e. The maximum Gasteiger partial charge on any atom is 0.273 e. The van der Waals surface area contributed by atoms with Gasteiger partial charge in [-0.2, -0.15) is 0 Å². The van der Waals surface area contributed by atoms with E-state index in [9.17, 15) is 9.59 Å². The van der Waals surface area contributed by atoms with Gasteiger partial charge in [0, 0.05) is 38.6 Å². The summed E-state index contributed by atoms with van der Waals surface area (Å²) in [5, 5.41) is 8.12. The summed E-state index contributed by atoms with van der Waals surface area (Å²) in [6.07, 6.45) is 2.68. The molecule has 1 aromatic heterocycles. The summed E-state index contributed by atoms with van der Waals surface area (Å²) in [6, 6.07) is 7.21. The van der Waals surface area contributed by atoms with Gasteiger partial charge in [-0.1, -0.05) is 0 Å². The molecule has 2 heterocycles. The molecule has 1 aliphatic rings. The van der Waals surface area contributed by atoms with E-state index < -0.39 is 0 Å². The van der Waals surface area contributed by atoms with Gasteiger partial charge < -0.3 is 19.4 Å². The number of aryl methyl sites for hydroxylation is 1. The molecule has 27 heavy (non-hydrogen) atoms. The summed E-state index contributed by atoms with van der Waals surface area (Å²) in [5.41, 5.74) is 0.707. The zero-order valence-corrected chi connectivity index (χ0v) is 15.4. The zero-order chi connectivity index (χ0) is 19.1. The molecule has 0 bridgehead atoms. The summed E-state index contributed by atoms with van der Waals surface area (Å²) in [5.74, 6) is 1.17. The van der Waals surface area contributed by atoms with Crippen LogP contribution in [0.25, 0.3) is 11.4 Å². The maximum absolute atomic E-state index is 12.3. The molecule has 0 unspecified atom stereocenters. The van der Waals surface area contributed by atoms with Crippen LogP contribution in [-0.4, -0.2) is 59.4 Å². The lowest BCUT2D eigenvalue weighted by Gasteiger charge is -2.14. The number of nitrogens with zero attached hydrogens (tertiary/aromatic N) is 3. The van der Waals surface area contributed by atoms with Crippen molar-refractivity contribution in [3.8, 4) is 17.1 Å². The minimum atomic E-state index is -0.311. The van der Waals surface area contributed by atoms with E-state index in [1.165, 1.54) is 0 Å². The van der Waals surface area contributed by atoms with E-state index in [4.69, 9.17) is 9.47 Å². The molecule has 144 valence electrons. The molecule has 1 amide bonds. The first-order chi connectivity index (χ1) is 13.2. The predicted molar refractivity (Wildman–Crippen MR) is 99.6 cm³/mol. The molecular weight excluding hydrogens is 348 g/mol. The fourth-order valence-corrected chi connectivity index (χ4v) is 2.96. The van der Waals surface area contributed by atoms with E-state index in [2.05, 4.69) is 15.2 Å². The van der Waals surface area contributed by atoms with Crippen molar-refractivity contribution in [2.45, 2.75) is 25.7 Å². The van der Waals surface area contributed by atoms with Crippen molar-refractivity contribution in [3.63, 3.8) is 0 Å². The van der Waals surface area contributed by atoms with E-state index in [1.807, 2.05) is 4.90 Å². The van der Waals surface area contributed by atoms with Crippen LogP contribution in [0.1, 0.15) is 25.0 Å². The van der Waals surface area contributed by atoms with Crippen LogP contribution in [0.2, 0.25) is 0 Å². The standard InChI is InChI=1S/C19H24N4O4/c1-26-12-13-27-15-6-4-14(5-7-15)18-20-19(25)16(21-22-18)8-9-17(24)23-10-2-3-11-23/h4-7H,2-3,8-13H2,1H3,(H,20,22,25). The molecule has 0 aliphatic carbocycles. The molecule has 1 aliphatic heterocycles. The molecule has 3 rings (SSSR count). The summed E-state index contributed by atoms with van der Waals surface area (Å²) < 4.78 is 10.4. The van der Waals surface area contributed by atoms with Crippen molar-refractivity contribution in [2.24, 2.45) is 0 Å². The van der Waals surface area contributed by atoms with Crippen molar-refractivity contribution >= 4 is 5.91 Å². The Hall–Kier alpha value is -2.74. The lowest BCUT2D eigenvalue weighted by molar-refractivity contribution is -0.130. The van der Waals surface area contributed by atoms with Crippen LogP contribution in [0.15, 0.2) is 29.1 Å². The fourth-order valence-electron chi connectivity index (χ4n) is 2.96. The number of hydrogen-bond acceptors (Lipinski definition) is 6. The van der Waals surface area contributed by atoms with Crippen LogP contribution in [0.3, 0.4) is 0 Å². The van der Waals surface area contributed by atoms with Gasteiger partial charge in [0.05, 0.1) is 6.61 Å². The number of amides is 1. The maximum atomic E-state index is 12.3. The van der Waals surface area contributed by atoms with Gasteiger partial charge in [0.25, 0.3) is 5.56 Å². The summed E-state index contributed by atoms with van der Waals surface area (Å²) in [7, 11) is 1.62. The van der Waals surface area contributed by atoms with Gasteiger partial charge in [-0.3, -0.25) is 9.59 Å². The Labute approximate surface area is 157 Å². The monoisotopic (exact) mass is 372 g/mol. The topological polar surface area (TPSA) is 97.4 Å². The average molecular weight is 372 g/mol. The van der Waals surface area contributed by atoms with E-state index in [0.29, 0.717) is 31.2 Å². The Kier molecular flexibility index (Phi) is 6.54. The molecule has 0 atom stereocenters. The third-order valence-electron chi connectivity index (χ3n) is 4.48. The SMILES string of the molecule is COCCOc1ccc(-c2nnc(CCC(=O)N3CCCC3)c(=O)[nH]2)cc1.